The lowest BCUT2D eigenvalue weighted by Crippen LogP contribution is -2.40. The lowest BCUT2D eigenvalue weighted by atomic mass is 9.82. The van der Waals surface area contributed by atoms with Gasteiger partial charge in [0.25, 0.3) is 0 Å². The molecule has 0 aromatic heterocycles. The number of hydrogen-bond donors (Lipinski definition) is 2. The van der Waals surface area contributed by atoms with E-state index in [2.05, 4.69) is 4.90 Å². The van der Waals surface area contributed by atoms with E-state index in [-0.39, 0.29) is 6.10 Å². The number of aliphatic hydroxyl groups excluding tert-OH is 2. The number of rotatable bonds is 8. The Balaban J connectivity index is 1.56. The monoisotopic (exact) mass is 279 g/mol. The van der Waals surface area contributed by atoms with Gasteiger partial charge in [0, 0.05) is 13.1 Å². The first-order valence-electron chi connectivity index (χ1n) is 7.30. The third-order valence-electron chi connectivity index (χ3n) is 3.72. The summed E-state index contributed by atoms with van der Waals surface area (Å²) < 4.78 is 5.53. The standard InChI is InChI=1S/C16H25NO3/c1-17(9-14-7-15(18)8-14)10-16(19)12-20-11-13-5-3-2-4-6-13/h2-6,14-16,18-19H,7-12H2,1H3. The fraction of sp³-hybridized carbons (Fsp3) is 0.625. The Kier molecular flexibility index (Phi) is 5.98. The molecular formula is C16H25NO3. The number of nitrogens with zero attached hydrogens (tertiary/aromatic N) is 1. The van der Waals surface area contributed by atoms with Crippen molar-refractivity contribution in [3.05, 3.63) is 35.9 Å². The molecule has 0 heterocycles. The highest BCUT2D eigenvalue weighted by atomic mass is 16.5. The number of aliphatic hydroxyl groups is 2. The zero-order valence-corrected chi connectivity index (χ0v) is 12.1. The second-order valence-electron chi connectivity index (χ2n) is 5.87. The normalized spacial score (nSPS) is 23.6. The Labute approximate surface area is 121 Å². The zero-order chi connectivity index (χ0) is 14.4. The summed E-state index contributed by atoms with van der Waals surface area (Å²) in [6, 6.07) is 9.97. The molecule has 1 aliphatic rings. The topological polar surface area (TPSA) is 52.9 Å². The molecule has 0 radical (unpaired) electrons. The Morgan fingerprint density at radius 3 is 2.65 bits per heavy atom. The van der Waals surface area contributed by atoms with E-state index in [4.69, 9.17) is 4.74 Å². The van der Waals surface area contributed by atoms with E-state index < -0.39 is 6.10 Å². The summed E-state index contributed by atoms with van der Waals surface area (Å²) in [5, 5.41) is 19.2. The van der Waals surface area contributed by atoms with Gasteiger partial charge in [-0.2, -0.15) is 0 Å². The summed E-state index contributed by atoms with van der Waals surface area (Å²) in [5.41, 5.74) is 1.12. The summed E-state index contributed by atoms with van der Waals surface area (Å²) in [4.78, 5) is 2.12. The van der Waals surface area contributed by atoms with Gasteiger partial charge in [-0.25, -0.2) is 0 Å². The molecule has 2 rings (SSSR count). The molecule has 0 bridgehead atoms. The largest absolute Gasteiger partial charge is 0.393 e. The molecule has 2 N–H and O–H groups in total. The highest BCUT2D eigenvalue weighted by molar-refractivity contribution is 5.13. The number of ether oxygens (including phenoxy) is 1. The van der Waals surface area contributed by atoms with E-state index in [0.29, 0.717) is 25.7 Å². The lowest BCUT2D eigenvalue weighted by Gasteiger charge is -2.35. The van der Waals surface area contributed by atoms with Crippen LogP contribution in [0.25, 0.3) is 0 Å². The molecule has 1 aromatic carbocycles. The maximum Gasteiger partial charge on any atom is 0.0900 e. The van der Waals surface area contributed by atoms with Crippen LogP contribution in [-0.2, 0) is 11.3 Å². The average Bonchev–Trinajstić information content (AvgIpc) is 2.38. The van der Waals surface area contributed by atoms with Crippen molar-refractivity contribution < 1.29 is 14.9 Å². The average molecular weight is 279 g/mol. The van der Waals surface area contributed by atoms with E-state index in [9.17, 15) is 10.2 Å². The first-order chi connectivity index (χ1) is 9.63. The number of hydrogen-bond acceptors (Lipinski definition) is 4. The molecule has 1 unspecified atom stereocenters. The molecule has 1 atom stereocenters. The minimum atomic E-state index is -0.464. The molecule has 0 spiro atoms. The number of likely N-dealkylation sites (N-methyl/N-ethyl adjacent to an activating group) is 1. The smallest absolute Gasteiger partial charge is 0.0900 e. The van der Waals surface area contributed by atoms with Gasteiger partial charge in [-0.05, 0) is 31.4 Å². The van der Waals surface area contributed by atoms with Gasteiger partial charge in [0.05, 0.1) is 25.4 Å². The molecule has 0 amide bonds. The van der Waals surface area contributed by atoms with Crippen molar-refractivity contribution in [1.82, 2.24) is 4.90 Å². The first-order valence-corrected chi connectivity index (χ1v) is 7.30. The minimum absolute atomic E-state index is 0.104. The van der Waals surface area contributed by atoms with Crippen LogP contribution in [0.3, 0.4) is 0 Å². The highest BCUT2D eigenvalue weighted by Gasteiger charge is 2.28. The fourth-order valence-corrected chi connectivity index (χ4v) is 2.66. The van der Waals surface area contributed by atoms with Crippen molar-refractivity contribution in [2.75, 3.05) is 26.7 Å². The van der Waals surface area contributed by atoms with Gasteiger partial charge in [-0.3, -0.25) is 0 Å². The van der Waals surface area contributed by atoms with Crippen LogP contribution in [0.1, 0.15) is 18.4 Å². The van der Waals surface area contributed by atoms with Crippen molar-refractivity contribution in [2.45, 2.75) is 31.7 Å². The Morgan fingerprint density at radius 1 is 1.30 bits per heavy atom. The van der Waals surface area contributed by atoms with Gasteiger partial charge < -0.3 is 19.8 Å². The second-order valence-corrected chi connectivity index (χ2v) is 5.87. The van der Waals surface area contributed by atoms with Crippen LogP contribution in [0.5, 0.6) is 0 Å². The Bertz CT molecular complexity index is 379. The van der Waals surface area contributed by atoms with Gasteiger partial charge >= 0.3 is 0 Å². The SMILES string of the molecule is CN(CC(O)COCc1ccccc1)CC1CC(O)C1. The van der Waals surface area contributed by atoms with Crippen molar-refractivity contribution in [2.24, 2.45) is 5.92 Å². The van der Waals surface area contributed by atoms with Crippen LogP contribution >= 0.6 is 0 Å². The molecule has 1 aliphatic carbocycles. The van der Waals surface area contributed by atoms with E-state index in [1.54, 1.807) is 0 Å². The van der Waals surface area contributed by atoms with Crippen LogP contribution in [0, 0.1) is 5.92 Å². The molecule has 4 nitrogen and oxygen atoms in total. The molecule has 1 fully saturated rings. The lowest BCUT2D eigenvalue weighted by molar-refractivity contribution is -0.00303. The summed E-state index contributed by atoms with van der Waals surface area (Å²) in [6.45, 7) is 2.44. The fourth-order valence-electron chi connectivity index (χ4n) is 2.66. The van der Waals surface area contributed by atoms with E-state index in [1.807, 2.05) is 37.4 Å². The summed E-state index contributed by atoms with van der Waals surface area (Å²) >= 11 is 0. The zero-order valence-electron chi connectivity index (χ0n) is 12.1. The molecule has 0 saturated heterocycles. The van der Waals surface area contributed by atoms with Gasteiger partial charge in [0.2, 0.25) is 0 Å². The van der Waals surface area contributed by atoms with Gasteiger partial charge in [0.15, 0.2) is 0 Å². The van der Waals surface area contributed by atoms with Crippen LogP contribution in [-0.4, -0.2) is 54.1 Å². The molecule has 4 heteroatoms. The quantitative estimate of drug-likeness (QED) is 0.752. The third kappa shape index (κ3) is 5.21. The van der Waals surface area contributed by atoms with Gasteiger partial charge in [-0.15, -0.1) is 0 Å². The first kappa shape index (κ1) is 15.4. The molecule has 1 aromatic rings. The van der Waals surface area contributed by atoms with Gasteiger partial charge in [0.1, 0.15) is 0 Å². The second kappa shape index (κ2) is 7.74. The highest BCUT2D eigenvalue weighted by Crippen LogP contribution is 2.27. The van der Waals surface area contributed by atoms with E-state index >= 15 is 0 Å². The Hall–Kier alpha value is -0.940. The van der Waals surface area contributed by atoms with Crippen LogP contribution < -0.4 is 0 Å². The number of benzene rings is 1. The van der Waals surface area contributed by atoms with Crippen molar-refractivity contribution in [3.8, 4) is 0 Å². The summed E-state index contributed by atoms with van der Waals surface area (Å²) in [5.74, 6) is 0.576. The maximum atomic E-state index is 9.94. The molecule has 20 heavy (non-hydrogen) atoms. The summed E-state index contributed by atoms with van der Waals surface area (Å²) in [7, 11) is 2.01. The maximum absolute atomic E-state index is 9.94. The predicted molar refractivity (Wildman–Crippen MR) is 78.3 cm³/mol. The molecule has 112 valence electrons. The molecular weight excluding hydrogens is 254 g/mol. The van der Waals surface area contributed by atoms with Gasteiger partial charge in [-0.1, -0.05) is 30.3 Å². The van der Waals surface area contributed by atoms with Crippen molar-refractivity contribution in [3.63, 3.8) is 0 Å². The van der Waals surface area contributed by atoms with Crippen molar-refractivity contribution >= 4 is 0 Å². The summed E-state index contributed by atoms with van der Waals surface area (Å²) in [6.07, 6.45) is 1.22. The van der Waals surface area contributed by atoms with E-state index in [1.165, 1.54) is 0 Å². The minimum Gasteiger partial charge on any atom is -0.393 e. The predicted octanol–water partition coefficient (Wildman–Crippen LogP) is 1.27. The van der Waals surface area contributed by atoms with Crippen molar-refractivity contribution in [1.29, 1.82) is 0 Å². The third-order valence-corrected chi connectivity index (χ3v) is 3.72. The van der Waals surface area contributed by atoms with E-state index in [0.717, 1.165) is 24.9 Å². The molecule has 0 aliphatic heterocycles. The molecule has 1 saturated carbocycles. The van der Waals surface area contributed by atoms with Crippen LogP contribution in [0.2, 0.25) is 0 Å². The Morgan fingerprint density at radius 2 is 2.00 bits per heavy atom. The van der Waals surface area contributed by atoms with Crippen LogP contribution in [0.4, 0.5) is 0 Å². The van der Waals surface area contributed by atoms with Crippen LogP contribution in [0.15, 0.2) is 30.3 Å².